The number of likely N-dealkylation sites (N-methyl/N-ethyl adjacent to an activating group) is 1. The molecule has 16 heavy (non-hydrogen) atoms. The van der Waals surface area contributed by atoms with Crippen molar-refractivity contribution in [1.29, 1.82) is 0 Å². The summed E-state index contributed by atoms with van der Waals surface area (Å²) in [5.74, 6) is 0.763. The Morgan fingerprint density at radius 2 is 2.25 bits per heavy atom. The van der Waals surface area contributed by atoms with E-state index >= 15 is 0 Å². The average Bonchev–Trinajstić information content (AvgIpc) is 2.32. The highest BCUT2D eigenvalue weighted by molar-refractivity contribution is 5.97. The van der Waals surface area contributed by atoms with E-state index in [9.17, 15) is 4.79 Å². The van der Waals surface area contributed by atoms with Crippen LogP contribution in [0.4, 0.5) is 11.4 Å². The highest BCUT2D eigenvalue weighted by Gasteiger charge is 2.22. The molecule has 1 aromatic carbocycles. The minimum Gasteiger partial charge on any atom is -0.482 e. The molecule has 4 heteroatoms. The minimum absolute atomic E-state index is 0.0104. The van der Waals surface area contributed by atoms with Gasteiger partial charge in [0.1, 0.15) is 5.75 Å². The Kier molecular flexibility index (Phi) is 2.73. The number of nitrogens with zero attached hydrogens (tertiary/aromatic N) is 2. The van der Waals surface area contributed by atoms with E-state index in [4.69, 9.17) is 4.74 Å². The van der Waals surface area contributed by atoms with Gasteiger partial charge in [0.2, 0.25) is 0 Å². The number of ether oxygens (including phenoxy) is 1. The van der Waals surface area contributed by atoms with Crippen molar-refractivity contribution in [3.63, 3.8) is 0 Å². The number of amides is 1. The lowest BCUT2D eigenvalue weighted by Crippen LogP contribution is -2.35. The third-order valence-electron chi connectivity index (χ3n) is 2.94. The zero-order valence-electron chi connectivity index (χ0n) is 9.86. The van der Waals surface area contributed by atoms with Gasteiger partial charge in [-0.3, -0.25) is 4.79 Å². The topological polar surface area (TPSA) is 32.8 Å². The van der Waals surface area contributed by atoms with Crippen LogP contribution in [-0.4, -0.2) is 33.2 Å². The van der Waals surface area contributed by atoms with Gasteiger partial charge in [0.05, 0.1) is 5.69 Å². The Balaban J connectivity index is 2.40. The molecule has 0 radical (unpaired) electrons. The summed E-state index contributed by atoms with van der Waals surface area (Å²) in [5, 5.41) is 0. The molecule has 1 aliphatic heterocycles. The highest BCUT2D eigenvalue weighted by Crippen LogP contribution is 2.34. The number of carbonyl (C=O) groups is 1. The van der Waals surface area contributed by atoms with Gasteiger partial charge >= 0.3 is 0 Å². The third kappa shape index (κ3) is 1.71. The number of rotatable bonds is 2. The van der Waals surface area contributed by atoms with Gasteiger partial charge < -0.3 is 14.5 Å². The summed E-state index contributed by atoms with van der Waals surface area (Å²) in [6.45, 7) is 3.15. The predicted octanol–water partition coefficient (Wildman–Crippen LogP) is 1.50. The molecule has 0 spiro atoms. The molecule has 0 saturated carbocycles. The third-order valence-corrected chi connectivity index (χ3v) is 2.94. The normalized spacial score (nSPS) is 14.4. The number of carbonyl (C=O) groups excluding carboxylic acids is 1. The van der Waals surface area contributed by atoms with Gasteiger partial charge in [-0.1, -0.05) is 0 Å². The van der Waals surface area contributed by atoms with E-state index in [0.717, 1.165) is 23.7 Å². The van der Waals surface area contributed by atoms with Gasteiger partial charge in [-0.05, 0) is 25.1 Å². The second kappa shape index (κ2) is 4.04. The van der Waals surface area contributed by atoms with Crippen molar-refractivity contribution in [2.75, 3.05) is 37.0 Å². The van der Waals surface area contributed by atoms with Crippen LogP contribution >= 0.6 is 0 Å². The molecule has 4 nitrogen and oxygen atoms in total. The standard InChI is InChI=1S/C12H16N2O2/c1-4-13(2)9-5-6-11-10(7-9)14(3)12(15)8-16-11/h5-7H,4,8H2,1-3H3. The van der Waals surface area contributed by atoms with Gasteiger partial charge in [0.25, 0.3) is 5.91 Å². The molecule has 1 heterocycles. The molecule has 1 amide bonds. The lowest BCUT2D eigenvalue weighted by Gasteiger charge is -2.27. The fraction of sp³-hybridized carbons (Fsp3) is 0.417. The molecule has 2 rings (SSSR count). The lowest BCUT2D eigenvalue weighted by molar-refractivity contribution is -0.120. The quantitative estimate of drug-likeness (QED) is 0.757. The Hall–Kier alpha value is -1.71. The molecule has 1 aromatic rings. The smallest absolute Gasteiger partial charge is 0.264 e. The maximum Gasteiger partial charge on any atom is 0.264 e. The van der Waals surface area contributed by atoms with Gasteiger partial charge in [0.15, 0.2) is 6.61 Å². The second-order valence-corrected chi connectivity index (χ2v) is 3.91. The van der Waals surface area contributed by atoms with Crippen molar-refractivity contribution >= 4 is 17.3 Å². The monoisotopic (exact) mass is 220 g/mol. The molecule has 0 unspecified atom stereocenters. The van der Waals surface area contributed by atoms with E-state index in [-0.39, 0.29) is 12.5 Å². The van der Waals surface area contributed by atoms with E-state index in [1.54, 1.807) is 11.9 Å². The maximum atomic E-state index is 11.5. The molecule has 0 fully saturated rings. The number of benzene rings is 1. The second-order valence-electron chi connectivity index (χ2n) is 3.91. The van der Waals surface area contributed by atoms with E-state index in [1.165, 1.54) is 0 Å². The summed E-state index contributed by atoms with van der Waals surface area (Å²) in [4.78, 5) is 15.3. The average molecular weight is 220 g/mol. The van der Waals surface area contributed by atoms with Crippen LogP contribution < -0.4 is 14.5 Å². The summed E-state index contributed by atoms with van der Waals surface area (Å²) in [5.41, 5.74) is 1.93. The zero-order chi connectivity index (χ0) is 11.7. The number of anilines is 2. The Labute approximate surface area is 95.4 Å². The van der Waals surface area contributed by atoms with Crippen molar-refractivity contribution < 1.29 is 9.53 Å². The van der Waals surface area contributed by atoms with Gasteiger partial charge in [-0.25, -0.2) is 0 Å². The van der Waals surface area contributed by atoms with Crippen molar-refractivity contribution in [2.45, 2.75) is 6.92 Å². The molecular weight excluding hydrogens is 204 g/mol. The van der Waals surface area contributed by atoms with Crippen molar-refractivity contribution in [2.24, 2.45) is 0 Å². The first-order valence-electron chi connectivity index (χ1n) is 5.38. The van der Waals surface area contributed by atoms with Crippen molar-refractivity contribution in [3.05, 3.63) is 18.2 Å². The van der Waals surface area contributed by atoms with Crippen LogP contribution in [0.1, 0.15) is 6.92 Å². The summed E-state index contributed by atoms with van der Waals surface area (Å²) < 4.78 is 5.36. The van der Waals surface area contributed by atoms with Crippen LogP contribution in [0.25, 0.3) is 0 Å². The summed E-state index contributed by atoms with van der Waals surface area (Å²) in [6.07, 6.45) is 0. The Morgan fingerprint density at radius 3 is 2.94 bits per heavy atom. The van der Waals surface area contributed by atoms with Crippen molar-refractivity contribution in [1.82, 2.24) is 0 Å². The first kappa shape index (κ1) is 10.8. The first-order chi connectivity index (χ1) is 7.63. The Bertz CT molecular complexity index is 417. The van der Waals surface area contributed by atoms with Crippen molar-refractivity contribution in [3.8, 4) is 5.75 Å². The minimum atomic E-state index is -0.0104. The molecule has 1 aliphatic rings. The highest BCUT2D eigenvalue weighted by atomic mass is 16.5. The van der Waals surface area contributed by atoms with Crippen LogP contribution in [0, 0.1) is 0 Å². The molecule has 0 atom stereocenters. The van der Waals surface area contributed by atoms with Crippen LogP contribution in [0.3, 0.4) is 0 Å². The van der Waals surface area contributed by atoms with Crippen LogP contribution in [-0.2, 0) is 4.79 Å². The fourth-order valence-electron chi connectivity index (χ4n) is 1.68. The maximum absolute atomic E-state index is 11.5. The van der Waals surface area contributed by atoms with Crippen LogP contribution in [0.2, 0.25) is 0 Å². The van der Waals surface area contributed by atoms with Gasteiger partial charge in [0, 0.05) is 26.3 Å². The molecular formula is C12H16N2O2. The van der Waals surface area contributed by atoms with E-state index in [1.807, 2.05) is 25.2 Å². The first-order valence-corrected chi connectivity index (χ1v) is 5.38. The zero-order valence-corrected chi connectivity index (χ0v) is 9.86. The molecule has 0 aliphatic carbocycles. The number of hydrogen-bond acceptors (Lipinski definition) is 3. The van der Waals surface area contributed by atoms with Crippen LogP contribution in [0.15, 0.2) is 18.2 Å². The number of fused-ring (bicyclic) bond motifs is 1. The summed E-state index contributed by atoms with van der Waals surface area (Å²) >= 11 is 0. The van der Waals surface area contributed by atoms with E-state index in [0.29, 0.717) is 0 Å². The molecule has 0 N–H and O–H groups in total. The molecule has 0 bridgehead atoms. The SMILES string of the molecule is CCN(C)c1ccc2c(c1)N(C)C(=O)CO2. The molecule has 0 aromatic heterocycles. The summed E-state index contributed by atoms with van der Waals surface area (Å²) in [7, 11) is 3.80. The fourth-order valence-corrected chi connectivity index (χ4v) is 1.68. The van der Waals surface area contributed by atoms with Crippen LogP contribution in [0.5, 0.6) is 5.75 Å². The van der Waals surface area contributed by atoms with E-state index < -0.39 is 0 Å². The lowest BCUT2D eigenvalue weighted by atomic mass is 10.2. The summed E-state index contributed by atoms with van der Waals surface area (Å²) in [6, 6.07) is 5.90. The van der Waals surface area contributed by atoms with Gasteiger partial charge in [-0.15, -0.1) is 0 Å². The van der Waals surface area contributed by atoms with E-state index in [2.05, 4.69) is 11.8 Å². The largest absolute Gasteiger partial charge is 0.482 e. The number of hydrogen-bond donors (Lipinski definition) is 0. The van der Waals surface area contributed by atoms with Gasteiger partial charge in [-0.2, -0.15) is 0 Å². The Morgan fingerprint density at radius 1 is 1.50 bits per heavy atom. The predicted molar refractivity (Wildman–Crippen MR) is 64.3 cm³/mol. The molecule has 86 valence electrons. The molecule has 0 saturated heterocycles.